The van der Waals surface area contributed by atoms with Crippen molar-refractivity contribution in [2.24, 2.45) is 5.92 Å². The first kappa shape index (κ1) is 22.7. The maximum absolute atomic E-state index is 12.5. The lowest BCUT2D eigenvalue weighted by molar-refractivity contribution is -0.275. The third-order valence-electron chi connectivity index (χ3n) is 6.12. The second-order valence-corrected chi connectivity index (χ2v) is 8.22. The Bertz CT molecular complexity index is 855. The van der Waals surface area contributed by atoms with Gasteiger partial charge in [0.15, 0.2) is 0 Å². The molecular weight excluding hydrogens is 440 g/mol. The average molecular weight is 461 g/mol. The first-order chi connectivity index (χ1) is 14.9. The summed E-state index contributed by atoms with van der Waals surface area (Å²) in [4.78, 5) is 0. The molecule has 32 heavy (non-hydrogen) atoms. The molecule has 4 nitrogen and oxygen atoms in total. The van der Waals surface area contributed by atoms with Crippen molar-refractivity contribution in [3.8, 4) is 11.5 Å². The van der Waals surface area contributed by atoms with Crippen LogP contribution in [0.5, 0.6) is 11.5 Å². The van der Waals surface area contributed by atoms with Gasteiger partial charge in [-0.15, -0.1) is 26.3 Å². The van der Waals surface area contributed by atoms with Crippen LogP contribution in [0.3, 0.4) is 0 Å². The molecule has 2 saturated heterocycles. The van der Waals surface area contributed by atoms with E-state index >= 15 is 0 Å². The molecule has 0 aromatic heterocycles. The fourth-order valence-corrected chi connectivity index (χ4v) is 4.86. The highest BCUT2D eigenvalue weighted by Gasteiger charge is 2.46. The van der Waals surface area contributed by atoms with Crippen LogP contribution in [-0.2, 0) is 5.60 Å². The van der Waals surface area contributed by atoms with Crippen LogP contribution in [-0.4, -0.2) is 29.9 Å². The third kappa shape index (κ3) is 4.96. The number of halogens is 6. The number of benzene rings is 2. The van der Waals surface area contributed by atoms with Gasteiger partial charge < -0.3 is 19.9 Å². The van der Waals surface area contributed by atoms with E-state index in [1.165, 1.54) is 24.3 Å². The van der Waals surface area contributed by atoms with Crippen molar-refractivity contribution in [1.82, 2.24) is 5.32 Å². The summed E-state index contributed by atoms with van der Waals surface area (Å²) in [7, 11) is 0. The number of ether oxygens (including phenoxy) is 2. The third-order valence-corrected chi connectivity index (χ3v) is 6.12. The minimum Gasteiger partial charge on any atom is -0.406 e. The van der Waals surface area contributed by atoms with E-state index in [1.54, 1.807) is 0 Å². The van der Waals surface area contributed by atoms with Crippen molar-refractivity contribution >= 4 is 0 Å². The maximum Gasteiger partial charge on any atom is 0.573 e. The number of alkyl halides is 6. The van der Waals surface area contributed by atoms with E-state index in [1.807, 2.05) is 0 Å². The maximum atomic E-state index is 12.5. The van der Waals surface area contributed by atoms with Crippen LogP contribution in [0.15, 0.2) is 48.5 Å². The number of hydrogen-bond donors (Lipinski definition) is 2. The monoisotopic (exact) mass is 461 g/mol. The van der Waals surface area contributed by atoms with Crippen LogP contribution in [0, 0.1) is 5.92 Å². The molecule has 2 heterocycles. The molecule has 0 amide bonds. The second kappa shape index (κ2) is 8.15. The summed E-state index contributed by atoms with van der Waals surface area (Å²) in [5.41, 5.74) is -0.943. The molecule has 174 valence electrons. The van der Waals surface area contributed by atoms with E-state index in [4.69, 9.17) is 0 Å². The van der Waals surface area contributed by atoms with Crippen LogP contribution in [0.4, 0.5) is 26.3 Å². The highest BCUT2D eigenvalue weighted by atomic mass is 19.4. The van der Waals surface area contributed by atoms with E-state index in [9.17, 15) is 31.4 Å². The number of piperidine rings is 1. The van der Waals surface area contributed by atoms with Gasteiger partial charge in [-0.05, 0) is 67.0 Å². The summed E-state index contributed by atoms with van der Waals surface area (Å²) < 4.78 is 82.9. The number of aliphatic hydroxyl groups is 1. The molecule has 10 heteroatoms. The summed E-state index contributed by atoms with van der Waals surface area (Å²) in [5.74, 6) is -1.14. The van der Waals surface area contributed by atoms with Gasteiger partial charge in [-0.2, -0.15) is 0 Å². The predicted octanol–water partition coefficient (Wildman–Crippen LogP) is 5.25. The zero-order valence-corrected chi connectivity index (χ0v) is 16.7. The van der Waals surface area contributed by atoms with Crippen molar-refractivity contribution in [3.63, 3.8) is 0 Å². The minimum absolute atomic E-state index is 0.200. The summed E-state index contributed by atoms with van der Waals surface area (Å²) in [6.07, 6.45) is -6.55. The zero-order valence-electron chi connectivity index (χ0n) is 16.7. The molecule has 2 bridgehead atoms. The Morgan fingerprint density at radius 3 is 1.41 bits per heavy atom. The Labute approximate surface area is 180 Å². The molecule has 4 rings (SSSR count). The Hall–Kier alpha value is -2.46. The Kier molecular flexibility index (Phi) is 5.79. The standard InChI is InChI=1S/C22H21F6NO3/c23-21(24,25)31-18-7-1-13(2-8-18)20(30,15-11-16-5-6-17(12-15)29-16)14-3-9-19(10-4-14)32-22(26,27)28/h1-4,7-10,15-17,29-30H,5-6,11-12H2. The smallest absolute Gasteiger partial charge is 0.406 e. The molecule has 2 aromatic carbocycles. The molecule has 2 atom stereocenters. The molecule has 2 unspecified atom stereocenters. The van der Waals surface area contributed by atoms with E-state index < -0.39 is 29.8 Å². The van der Waals surface area contributed by atoms with Gasteiger partial charge in [-0.25, -0.2) is 0 Å². The van der Waals surface area contributed by atoms with E-state index in [2.05, 4.69) is 14.8 Å². The van der Waals surface area contributed by atoms with Crippen LogP contribution >= 0.6 is 0 Å². The van der Waals surface area contributed by atoms with Gasteiger partial charge in [0, 0.05) is 12.1 Å². The number of nitrogens with one attached hydrogen (secondary N) is 1. The summed E-state index contributed by atoms with van der Waals surface area (Å²) >= 11 is 0. The predicted molar refractivity (Wildman–Crippen MR) is 102 cm³/mol. The first-order valence-corrected chi connectivity index (χ1v) is 10.1. The molecule has 0 saturated carbocycles. The van der Waals surface area contributed by atoms with Gasteiger partial charge in [0.1, 0.15) is 17.1 Å². The van der Waals surface area contributed by atoms with E-state index in [-0.39, 0.29) is 18.0 Å². The van der Waals surface area contributed by atoms with Gasteiger partial charge in [0.25, 0.3) is 0 Å². The molecule has 2 aliphatic rings. The van der Waals surface area contributed by atoms with E-state index in [0.717, 1.165) is 37.1 Å². The molecular formula is C22H21F6NO3. The van der Waals surface area contributed by atoms with Crippen LogP contribution < -0.4 is 14.8 Å². The minimum atomic E-state index is -4.85. The molecule has 2 N–H and O–H groups in total. The highest BCUT2D eigenvalue weighted by molar-refractivity contribution is 5.42. The molecule has 0 spiro atoms. The lowest BCUT2D eigenvalue weighted by atomic mass is 9.70. The average Bonchev–Trinajstić information content (AvgIpc) is 3.03. The lowest BCUT2D eigenvalue weighted by Crippen LogP contribution is -2.47. The van der Waals surface area contributed by atoms with Gasteiger partial charge in [0.05, 0.1) is 0 Å². The fraction of sp³-hybridized carbons (Fsp3) is 0.455. The number of fused-ring (bicyclic) bond motifs is 2. The van der Waals surface area contributed by atoms with Gasteiger partial charge in [-0.3, -0.25) is 0 Å². The second-order valence-electron chi connectivity index (χ2n) is 8.22. The Morgan fingerprint density at radius 1 is 0.688 bits per heavy atom. The van der Waals surface area contributed by atoms with Crippen LogP contribution in [0.2, 0.25) is 0 Å². The zero-order chi connectivity index (χ0) is 23.1. The van der Waals surface area contributed by atoms with Crippen molar-refractivity contribution in [2.45, 2.75) is 56.1 Å². The Morgan fingerprint density at radius 2 is 1.06 bits per heavy atom. The molecule has 2 aromatic rings. The van der Waals surface area contributed by atoms with Crippen molar-refractivity contribution in [2.75, 3.05) is 0 Å². The topological polar surface area (TPSA) is 50.7 Å². The first-order valence-electron chi connectivity index (χ1n) is 10.1. The van der Waals surface area contributed by atoms with Gasteiger partial charge in [-0.1, -0.05) is 24.3 Å². The summed E-state index contributed by atoms with van der Waals surface area (Å²) in [6.45, 7) is 0. The number of rotatable bonds is 5. The number of hydrogen-bond acceptors (Lipinski definition) is 4. The van der Waals surface area contributed by atoms with E-state index in [0.29, 0.717) is 24.0 Å². The summed E-state index contributed by atoms with van der Waals surface area (Å²) in [6, 6.07) is 10.3. The van der Waals surface area contributed by atoms with Crippen molar-refractivity contribution in [1.29, 1.82) is 0 Å². The molecule has 2 aliphatic heterocycles. The van der Waals surface area contributed by atoms with Gasteiger partial charge in [0.2, 0.25) is 0 Å². The van der Waals surface area contributed by atoms with Crippen LogP contribution in [0.1, 0.15) is 36.8 Å². The normalized spacial score (nSPS) is 23.8. The van der Waals surface area contributed by atoms with Crippen molar-refractivity contribution < 1.29 is 40.9 Å². The van der Waals surface area contributed by atoms with Crippen LogP contribution in [0.25, 0.3) is 0 Å². The molecule has 0 aliphatic carbocycles. The molecule has 0 radical (unpaired) electrons. The molecule has 2 fully saturated rings. The van der Waals surface area contributed by atoms with Gasteiger partial charge >= 0.3 is 12.7 Å². The summed E-state index contributed by atoms with van der Waals surface area (Å²) in [5, 5.41) is 15.4. The quantitative estimate of drug-likeness (QED) is 0.598. The van der Waals surface area contributed by atoms with Crippen molar-refractivity contribution in [3.05, 3.63) is 59.7 Å². The highest BCUT2D eigenvalue weighted by Crippen LogP contribution is 2.46. The Balaban J connectivity index is 1.69. The fourth-order valence-electron chi connectivity index (χ4n) is 4.86. The lowest BCUT2D eigenvalue weighted by Gasteiger charge is -2.42. The SMILES string of the molecule is OC(c1ccc(OC(F)(F)F)cc1)(c1ccc(OC(F)(F)F)cc1)C1CC2CCC(C1)N2. The largest absolute Gasteiger partial charge is 0.573 e.